The van der Waals surface area contributed by atoms with Crippen molar-refractivity contribution in [1.29, 1.82) is 0 Å². The zero-order valence-corrected chi connectivity index (χ0v) is 23.3. The molecule has 0 bridgehead atoms. The highest BCUT2D eigenvalue weighted by Crippen LogP contribution is 2.11. The maximum Gasteiger partial charge on any atom is 0.305 e. The highest BCUT2D eigenvalue weighted by atomic mass is 16.6. The second-order valence-corrected chi connectivity index (χ2v) is 8.62. The molecule has 0 aromatic carbocycles. The summed E-state index contributed by atoms with van der Waals surface area (Å²) in [7, 11) is 0. The number of carboxylic acids is 3. The van der Waals surface area contributed by atoms with Gasteiger partial charge < -0.3 is 53.8 Å². The van der Waals surface area contributed by atoms with E-state index >= 15 is 0 Å². The van der Waals surface area contributed by atoms with Crippen LogP contribution in [-0.4, -0.2) is 137 Å². The number of carboxylic acid groups (broad SMARTS) is 3. The zero-order valence-electron chi connectivity index (χ0n) is 23.3. The number of carbonyl (C=O) groups excluding carboxylic acids is 1. The molecule has 0 aliphatic carbocycles. The molecule has 0 aliphatic rings. The van der Waals surface area contributed by atoms with Gasteiger partial charge in [0.1, 0.15) is 5.54 Å². The Morgan fingerprint density at radius 3 is 1.18 bits per heavy atom. The predicted octanol–water partition coefficient (Wildman–Crippen LogP) is 0.182. The lowest BCUT2D eigenvalue weighted by Crippen LogP contribution is -2.59. The van der Waals surface area contributed by atoms with Crippen LogP contribution in [0.15, 0.2) is 0 Å². The van der Waals surface area contributed by atoms with Crippen LogP contribution >= 0.6 is 0 Å². The van der Waals surface area contributed by atoms with Gasteiger partial charge in [0, 0.05) is 13.0 Å². The molecule has 0 fully saturated rings. The highest BCUT2D eigenvalue weighted by Gasteiger charge is 2.34. The molecule has 0 radical (unpaired) electrons. The molecule has 15 heteroatoms. The Hall–Kier alpha value is -2.40. The number of carbonyl (C=O) groups is 4. The molecule has 0 saturated heterocycles. The zero-order chi connectivity index (χ0) is 29.9. The summed E-state index contributed by atoms with van der Waals surface area (Å²) >= 11 is 0. The quantitative estimate of drug-likeness (QED) is 0.0833. The molecule has 0 spiro atoms. The summed E-state index contributed by atoms with van der Waals surface area (Å²) in [6.45, 7) is 4.14. The molecule has 0 heterocycles. The number of ether oxygens (including phenoxy) is 7. The molecule has 0 rings (SSSR count). The summed E-state index contributed by atoms with van der Waals surface area (Å²) in [5.41, 5.74) is -1.32. The Kier molecular flexibility index (Phi) is 24.0. The van der Waals surface area contributed by atoms with Crippen LogP contribution in [0.25, 0.3) is 0 Å². The van der Waals surface area contributed by atoms with E-state index in [-0.39, 0.29) is 78.5 Å². The van der Waals surface area contributed by atoms with Crippen molar-refractivity contribution in [3.05, 3.63) is 0 Å². The lowest BCUT2D eigenvalue weighted by Gasteiger charge is -2.34. The number of aliphatic carboxylic acids is 3. The van der Waals surface area contributed by atoms with E-state index in [1.54, 1.807) is 0 Å². The van der Waals surface area contributed by atoms with E-state index in [0.29, 0.717) is 39.6 Å². The van der Waals surface area contributed by atoms with Gasteiger partial charge in [0.05, 0.1) is 105 Å². The van der Waals surface area contributed by atoms with E-state index in [1.165, 1.54) is 0 Å². The Labute approximate surface area is 234 Å². The Bertz CT molecular complexity index is 635. The molecule has 0 aromatic rings. The normalized spacial score (nSPS) is 11.4. The van der Waals surface area contributed by atoms with Crippen molar-refractivity contribution in [1.82, 2.24) is 5.32 Å². The van der Waals surface area contributed by atoms with Gasteiger partial charge in [-0.05, 0) is 6.42 Å². The summed E-state index contributed by atoms with van der Waals surface area (Å²) in [6.07, 6.45) is 0.0836. The maximum atomic E-state index is 12.7. The summed E-state index contributed by atoms with van der Waals surface area (Å²) in [6, 6.07) is 0. The minimum absolute atomic E-state index is 0.0397. The van der Waals surface area contributed by atoms with Crippen LogP contribution in [0.4, 0.5) is 0 Å². The fourth-order valence-corrected chi connectivity index (χ4v) is 2.94. The molecule has 15 nitrogen and oxygen atoms in total. The molecule has 0 unspecified atom stereocenters. The van der Waals surface area contributed by atoms with Gasteiger partial charge in [-0.2, -0.15) is 0 Å². The predicted molar refractivity (Wildman–Crippen MR) is 138 cm³/mol. The van der Waals surface area contributed by atoms with Gasteiger partial charge in [-0.3, -0.25) is 19.2 Å². The first kappa shape index (κ1) is 37.6. The number of amides is 1. The minimum Gasteiger partial charge on any atom is -0.481 e. The van der Waals surface area contributed by atoms with Crippen LogP contribution in [0.5, 0.6) is 0 Å². The SMILES string of the molecule is CCCOCCOCCOCCOCCC(=O)NC(COCCC(=O)O)(COCCC(=O)O)COCCC(=O)O. The molecule has 0 saturated carbocycles. The average Bonchev–Trinajstić information content (AvgIpc) is 2.89. The molecular formula is C25H45NO14. The first-order chi connectivity index (χ1) is 19.2. The van der Waals surface area contributed by atoms with E-state index < -0.39 is 29.4 Å². The van der Waals surface area contributed by atoms with Crippen molar-refractivity contribution in [3.63, 3.8) is 0 Å². The standard InChI is InChI=1S/C25H45NO14/c1-2-7-34-12-14-36-16-17-37-15-13-35-8-3-21(27)26-25(18-38-9-4-22(28)29,19-39-10-5-23(30)31)20-40-11-6-24(32)33/h2-20H2,1H3,(H,26,27)(H,28,29)(H,30,31)(H,32,33). The molecular weight excluding hydrogens is 538 g/mol. The number of hydrogen-bond acceptors (Lipinski definition) is 11. The average molecular weight is 584 g/mol. The molecule has 1 amide bonds. The van der Waals surface area contributed by atoms with Gasteiger partial charge in [-0.1, -0.05) is 6.92 Å². The number of rotatable bonds is 30. The van der Waals surface area contributed by atoms with E-state index in [9.17, 15) is 19.2 Å². The first-order valence-corrected chi connectivity index (χ1v) is 13.2. The van der Waals surface area contributed by atoms with Crippen molar-refractivity contribution < 1.29 is 67.7 Å². The van der Waals surface area contributed by atoms with Crippen LogP contribution in [0, 0.1) is 0 Å². The second kappa shape index (κ2) is 25.6. The summed E-state index contributed by atoms with van der Waals surface area (Å²) < 4.78 is 37.8. The van der Waals surface area contributed by atoms with Gasteiger partial charge in [-0.15, -0.1) is 0 Å². The lowest BCUT2D eigenvalue weighted by molar-refractivity contribution is -0.140. The van der Waals surface area contributed by atoms with Gasteiger partial charge in [0.15, 0.2) is 0 Å². The van der Waals surface area contributed by atoms with E-state index in [0.717, 1.165) is 6.42 Å². The Morgan fingerprint density at radius 2 is 0.825 bits per heavy atom. The Morgan fingerprint density at radius 1 is 0.500 bits per heavy atom. The highest BCUT2D eigenvalue weighted by molar-refractivity contribution is 5.77. The third kappa shape index (κ3) is 24.6. The van der Waals surface area contributed by atoms with Crippen LogP contribution < -0.4 is 5.32 Å². The van der Waals surface area contributed by atoms with E-state index in [2.05, 4.69) is 5.32 Å². The van der Waals surface area contributed by atoms with E-state index in [4.69, 9.17) is 48.5 Å². The largest absolute Gasteiger partial charge is 0.481 e. The minimum atomic E-state index is -1.32. The summed E-state index contributed by atoms with van der Waals surface area (Å²) in [5, 5.41) is 29.3. The monoisotopic (exact) mass is 583 g/mol. The van der Waals surface area contributed by atoms with Crippen LogP contribution in [0.3, 0.4) is 0 Å². The lowest BCUT2D eigenvalue weighted by atomic mass is 10.0. The molecule has 0 aliphatic heterocycles. The van der Waals surface area contributed by atoms with Gasteiger partial charge in [0.25, 0.3) is 0 Å². The van der Waals surface area contributed by atoms with Crippen molar-refractivity contribution in [3.8, 4) is 0 Å². The third-order valence-electron chi connectivity index (χ3n) is 4.86. The fourth-order valence-electron chi connectivity index (χ4n) is 2.94. The van der Waals surface area contributed by atoms with Crippen molar-refractivity contribution in [2.45, 2.75) is 44.6 Å². The van der Waals surface area contributed by atoms with Crippen LogP contribution in [0.1, 0.15) is 39.0 Å². The molecule has 0 aromatic heterocycles. The first-order valence-electron chi connectivity index (χ1n) is 13.2. The summed E-state index contributed by atoms with van der Waals surface area (Å²) in [4.78, 5) is 45.1. The smallest absolute Gasteiger partial charge is 0.305 e. The second-order valence-electron chi connectivity index (χ2n) is 8.62. The topological polar surface area (TPSA) is 206 Å². The molecule has 40 heavy (non-hydrogen) atoms. The molecule has 0 atom stereocenters. The van der Waals surface area contributed by atoms with Gasteiger partial charge >= 0.3 is 17.9 Å². The number of nitrogens with one attached hydrogen (secondary N) is 1. The summed E-state index contributed by atoms with van der Waals surface area (Å²) in [5.74, 6) is -3.67. The van der Waals surface area contributed by atoms with Gasteiger partial charge in [0.2, 0.25) is 5.91 Å². The van der Waals surface area contributed by atoms with Crippen molar-refractivity contribution in [2.75, 3.05) is 92.5 Å². The third-order valence-corrected chi connectivity index (χ3v) is 4.86. The van der Waals surface area contributed by atoms with E-state index in [1.807, 2.05) is 6.92 Å². The molecule has 234 valence electrons. The van der Waals surface area contributed by atoms with Crippen LogP contribution in [-0.2, 0) is 52.3 Å². The van der Waals surface area contributed by atoms with Crippen molar-refractivity contribution >= 4 is 23.8 Å². The van der Waals surface area contributed by atoms with Crippen molar-refractivity contribution in [2.24, 2.45) is 0 Å². The Balaban J connectivity index is 4.64. The number of hydrogen-bond donors (Lipinski definition) is 4. The fraction of sp³-hybridized carbons (Fsp3) is 0.840. The maximum absolute atomic E-state index is 12.7. The van der Waals surface area contributed by atoms with Crippen LogP contribution in [0.2, 0.25) is 0 Å². The molecule has 4 N–H and O–H groups in total. The van der Waals surface area contributed by atoms with Gasteiger partial charge in [-0.25, -0.2) is 0 Å².